The van der Waals surface area contributed by atoms with Crippen LogP contribution in [0.15, 0.2) is 60.2 Å². The quantitative estimate of drug-likeness (QED) is 0.269. The lowest BCUT2D eigenvalue weighted by atomic mass is 9.84. The van der Waals surface area contributed by atoms with Crippen LogP contribution in [0.25, 0.3) is 17.2 Å². The molecule has 0 nitrogen and oxygen atoms in total. The number of allylic oxidation sites excluding steroid dienone is 3. The van der Waals surface area contributed by atoms with Gasteiger partial charge in [0, 0.05) is 0 Å². The molecule has 0 radical (unpaired) electrons. The highest BCUT2D eigenvalue weighted by molar-refractivity contribution is 7.63. The molecule has 2 unspecified atom stereocenters. The van der Waals surface area contributed by atoms with Crippen LogP contribution in [0.3, 0.4) is 0 Å². The highest BCUT2D eigenvalue weighted by Crippen LogP contribution is 2.72. The minimum atomic E-state index is -0.361. The van der Waals surface area contributed by atoms with Gasteiger partial charge in [-0.25, -0.2) is 0 Å². The lowest BCUT2D eigenvalue weighted by Crippen LogP contribution is -2.40. The van der Waals surface area contributed by atoms with Crippen molar-refractivity contribution in [3.8, 4) is 0 Å². The van der Waals surface area contributed by atoms with Crippen LogP contribution in [0.4, 0.5) is 0 Å². The maximum Gasteiger partial charge on any atom is 0.0875 e. The maximum atomic E-state index is 8.23. The van der Waals surface area contributed by atoms with E-state index in [2.05, 4.69) is 60.7 Å². The van der Waals surface area contributed by atoms with Crippen LogP contribution in [0.5, 0.6) is 0 Å². The van der Waals surface area contributed by atoms with Gasteiger partial charge in [-0.1, -0.05) is 101 Å². The van der Waals surface area contributed by atoms with Crippen molar-refractivity contribution in [1.29, 1.82) is 0 Å². The first-order valence-corrected chi connectivity index (χ1v) is 16.7. The summed E-state index contributed by atoms with van der Waals surface area (Å²) >= 11 is 15.7. The summed E-state index contributed by atoms with van der Waals surface area (Å²) in [6, 6.07) is 19.9. The standard InChI is InChI=1S/C33H39Cl2P/c34-30-21-12-22-33(35,36(26-16-6-2-7-17-26)27-18-8-3-9-19-27)32(30)31-28-20-11-10-15-25(28)23-29(31)24-13-4-1-5-14-24/h1,4-5,10-11,13-15,20,23,26-27,30H,2-3,6-9,12,16-19,21-22H2. The average Bonchev–Trinajstić information content (AvgIpc) is 3.30. The molecule has 36 heavy (non-hydrogen) atoms. The second-order valence-corrected chi connectivity index (χ2v) is 15.9. The molecule has 3 saturated carbocycles. The van der Waals surface area contributed by atoms with Crippen molar-refractivity contribution in [3.05, 3.63) is 76.9 Å². The third-order valence-electron chi connectivity index (χ3n) is 9.19. The van der Waals surface area contributed by atoms with E-state index in [0.29, 0.717) is 0 Å². The topological polar surface area (TPSA) is 0 Å². The minimum Gasteiger partial charge on any atom is -0.118 e. The van der Waals surface area contributed by atoms with Crippen molar-refractivity contribution in [2.24, 2.45) is 0 Å². The summed E-state index contributed by atoms with van der Waals surface area (Å²) in [7, 11) is -0.361. The number of hydrogen-bond donors (Lipinski definition) is 0. The van der Waals surface area contributed by atoms with E-state index in [1.165, 1.54) is 97.6 Å². The lowest BCUT2D eigenvalue weighted by molar-refractivity contribution is 0.472. The van der Waals surface area contributed by atoms with E-state index < -0.39 is 0 Å². The van der Waals surface area contributed by atoms with Crippen molar-refractivity contribution in [2.75, 3.05) is 0 Å². The zero-order valence-corrected chi connectivity index (χ0v) is 23.8. The van der Waals surface area contributed by atoms with Gasteiger partial charge >= 0.3 is 0 Å². The van der Waals surface area contributed by atoms with E-state index >= 15 is 0 Å². The van der Waals surface area contributed by atoms with Crippen LogP contribution < -0.4 is 0 Å². The molecule has 3 fully saturated rings. The third-order valence-corrected chi connectivity index (χ3v) is 14.5. The molecule has 0 spiro atoms. The van der Waals surface area contributed by atoms with Gasteiger partial charge < -0.3 is 0 Å². The molecule has 3 heteroatoms. The van der Waals surface area contributed by atoms with Gasteiger partial charge in [-0.05, 0) is 95.7 Å². The minimum absolute atomic E-state index is 0.0155. The summed E-state index contributed by atoms with van der Waals surface area (Å²) in [5, 5.41) is 0.0155. The summed E-state index contributed by atoms with van der Waals surface area (Å²) in [5.41, 5.74) is 9.61. The first-order valence-electron chi connectivity index (χ1n) is 14.4. The van der Waals surface area contributed by atoms with E-state index in [0.717, 1.165) is 30.6 Å². The summed E-state index contributed by atoms with van der Waals surface area (Å²) in [6.45, 7) is 0. The molecule has 2 atom stereocenters. The van der Waals surface area contributed by atoms with E-state index in [9.17, 15) is 0 Å². The molecule has 0 heterocycles. The molecule has 0 bridgehead atoms. The molecule has 0 aromatic heterocycles. The summed E-state index contributed by atoms with van der Waals surface area (Å²) in [4.78, 5) is 0. The van der Waals surface area contributed by atoms with Crippen molar-refractivity contribution in [2.45, 2.75) is 105 Å². The summed E-state index contributed by atoms with van der Waals surface area (Å²) < 4.78 is -0.287. The second kappa shape index (κ2) is 11.0. The van der Waals surface area contributed by atoms with E-state index in [-0.39, 0.29) is 17.9 Å². The Bertz CT molecular complexity index is 1110. The maximum absolute atomic E-state index is 8.23. The van der Waals surface area contributed by atoms with Gasteiger partial charge in [0.15, 0.2) is 0 Å². The SMILES string of the molecule is ClC1CCCC(Cl)(P(C2CCCCC2)C2CCCCC2)C1=C1C(c2ccccc2)=Cc2ccccc21. The van der Waals surface area contributed by atoms with E-state index in [1.54, 1.807) is 0 Å². The van der Waals surface area contributed by atoms with Crippen molar-refractivity contribution in [3.63, 3.8) is 0 Å². The van der Waals surface area contributed by atoms with Crippen molar-refractivity contribution < 1.29 is 0 Å². The number of benzene rings is 2. The predicted molar refractivity (Wildman–Crippen MR) is 160 cm³/mol. The van der Waals surface area contributed by atoms with Gasteiger partial charge in [-0.3, -0.25) is 0 Å². The molecule has 2 aromatic carbocycles. The third kappa shape index (κ3) is 4.65. The molecular weight excluding hydrogens is 498 g/mol. The number of halogens is 2. The first kappa shape index (κ1) is 25.2. The Morgan fingerprint density at radius 2 is 1.31 bits per heavy atom. The Hall–Kier alpha value is -1.07. The van der Waals surface area contributed by atoms with Gasteiger partial charge in [-0.15, -0.1) is 23.2 Å². The molecule has 190 valence electrons. The second-order valence-electron chi connectivity index (χ2n) is 11.4. The van der Waals surface area contributed by atoms with Crippen LogP contribution in [-0.4, -0.2) is 21.3 Å². The Balaban J connectivity index is 1.55. The fourth-order valence-electron chi connectivity index (χ4n) is 7.61. The molecule has 0 saturated heterocycles. The Labute approximate surface area is 229 Å². The first-order chi connectivity index (χ1) is 17.7. The Morgan fingerprint density at radius 3 is 1.97 bits per heavy atom. The largest absolute Gasteiger partial charge is 0.118 e. The van der Waals surface area contributed by atoms with Crippen LogP contribution in [0.1, 0.15) is 100 Å². The molecule has 6 rings (SSSR count). The van der Waals surface area contributed by atoms with Gasteiger partial charge in [-0.2, -0.15) is 0 Å². The van der Waals surface area contributed by atoms with Crippen LogP contribution >= 0.6 is 31.1 Å². The number of rotatable bonds is 4. The van der Waals surface area contributed by atoms with Gasteiger partial charge in [0.05, 0.1) is 9.99 Å². The van der Waals surface area contributed by atoms with Gasteiger partial charge in [0.1, 0.15) is 0 Å². The molecule has 0 amide bonds. The zero-order chi connectivity index (χ0) is 24.5. The predicted octanol–water partition coefficient (Wildman–Crippen LogP) is 10.9. The van der Waals surface area contributed by atoms with Crippen molar-refractivity contribution >= 4 is 48.3 Å². The normalized spacial score (nSPS) is 29.9. The fraction of sp³-hybridized carbons (Fsp3) is 0.515. The molecule has 4 aliphatic carbocycles. The number of alkyl halides is 2. The molecule has 0 N–H and O–H groups in total. The zero-order valence-electron chi connectivity index (χ0n) is 21.4. The lowest BCUT2D eigenvalue weighted by Gasteiger charge is -2.51. The molecule has 2 aromatic rings. The monoisotopic (exact) mass is 536 g/mol. The highest BCUT2D eigenvalue weighted by Gasteiger charge is 2.52. The molecule has 0 aliphatic heterocycles. The van der Waals surface area contributed by atoms with Gasteiger partial charge in [0.25, 0.3) is 0 Å². The summed E-state index contributed by atoms with van der Waals surface area (Å²) in [5.74, 6) is 0. The van der Waals surface area contributed by atoms with Crippen LogP contribution in [0.2, 0.25) is 0 Å². The average molecular weight is 538 g/mol. The van der Waals surface area contributed by atoms with E-state index in [1.807, 2.05) is 0 Å². The number of hydrogen-bond acceptors (Lipinski definition) is 0. The highest BCUT2D eigenvalue weighted by atomic mass is 35.5. The smallest absolute Gasteiger partial charge is 0.0875 e. The van der Waals surface area contributed by atoms with Crippen molar-refractivity contribution in [1.82, 2.24) is 0 Å². The van der Waals surface area contributed by atoms with Gasteiger partial charge in [0.2, 0.25) is 0 Å². The molecular formula is C33H39Cl2P. The summed E-state index contributed by atoms with van der Waals surface area (Å²) in [6.07, 6.45) is 19.5. The van der Waals surface area contributed by atoms with E-state index in [4.69, 9.17) is 23.2 Å². The van der Waals surface area contributed by atoms with Crippen LogP contribution in [-0.2, 0) is 0 Å². The number of fused-ring (bicyclic) bond motifs is 1. The molecule has 4 aliphatic rings. The Morgan fingerprint density at radius 1 is 0.694 bits per heavy atom. The fourth-order valence-corrected chi connectivity index (χ4v) is 13.9. The van der Waals surface area contributed by atoms with Crippen LogP contribution in [0, 0.1) is 0 Å². The Kier molecular flexibility index (Phi) is 7.68.